The van der Waals surface area contributed by atoms with Gasteiger partial charge in [0.05, 0.1) is 16.7 Å². The zero-order valence-electron chi connectivity index (χ0n) is 16.0. The van der Waals surface area contributed by atoms with E-state index in [4.69, 9.17) is 0 Å². The largest absolute Gasteiger partial charge is 0.275 e. The second kappa shape index (κ2) is 7.55. The fraction of sp³-hybridized carbons (Fsp3) is 0.273. The summed E-state index contributed by atoms with van der Waals surface area (Å²) < 4.78 is 38.9. The molecule has 0 unspecified atom stereocenters. The minimum absolute atomic E-state index is 0.165. The third-order valence-corrected chi connectivity index (χ3v) is 6.52. The first-order valence-electron chi connectivity index (χ1n) is 9.49. The van der Waals surface area contributed by atoms with Gasteiger partial charge in [-0.1, -0.05) is 30.7 Å². The lowest BCUT2D eigenvalue weighted by Gasteiger charge is -2.25. The van der Waals surface area contributed by atoms with E-state index in [1.807, 2.05) is 0 Å². The van der Waals surface area contributed by atoms with E-state index in [1.54, 1.807) is 30.5 Å². The number of aromatic nitrogens is 2. The monoisotopic (exact) mass is 412 g/mol. The molecule has 3 aromatic rings. The first-order valence-corrected chi connectivity index (χ1v) is 11.4. The fourth-order valence-corrected chi connectivity index (χ4v) is 4.21. The molecule has 0 spiro atoms. The molecule has 29 heavy (non-hydrogen) atoms. The third-order valence-electron chi connectivity index (χ3n) is 5.41. The Balaban J connectivity index is 1.90. The molecule has 5 nitrogen and oxygen atoms in total. The van der Waals surface area contributed by atoms with Gasteiger partial charge in [0.2, 0.25) is 0 Å². The van der Waals surface area contributed by atoms with E-state index in [0.29, 0.717) is 34.7 Å². The van der Waals surface area contributed by atoms with Gasteiger partial charge in [0, 0.05) is 18.4 Å². The van der Waals surface area contributed by atoms with Gasteiger partial charge in [0.1, 0.15) is 5.82 Å². The molecule has 1 aliphatic rings. The maximum absolute atomic E-state index is 13.5. The molecule has 0 amide bonds. The highest BCUT2D eigenvalue weighted by atomic mass is 32.2. The lowest BCUT2D eigenvalue weighted by atomic mass is 9.85. The van der Waals surface area contributed by atoms with Crippen LogP contribution in [0.5, 0.6) is 0 Å². The quantitative estimate of drug-likeness (QED) is 0.637. The van der Waals surface area contributed by atoms with E-state index in [0.717, 1.165) is 19.1 Å². The summed E-state index contributed by atoms with van der Waals surface area (Å²) in [7, 11) is -3.40. The summed E-state index contributed by atoms with van der Waals surface area (Å²) >= 11 is 0. The number of rotatable bonds is 5. The van der Waals surface area contributed by atoms with Crippen molar-refractivity contribution in [3.8, 4) is 22.3 Å². The normalized spacial score (nSPS) is 14.6. The van der Waals surface area contributed by atoms with Gasteiger partial charge in [-0.05, 0) is 54.2 Å². The van der Waals surface area contributed by atoms with Crippen molar-refractivity contribution in [1.82, 2.24) is 9.78 Å². The molecule has 0 saturated heterocycles. The summed E-state index contributed by atoms with van der Waals surface area (Å²) in [5, 5.41) is 4.35. The number of nitrogens with zero attached hydrogens (tertiary/aromatic N) is 2. The lowest BCUT2D eigenvalue weighted by molar-refractivity contribution is 0.262. The fourth-order valence-electron chi connectivity index (χ4n) is 3.55. The summed E-state index contributed by atoms with van der Waals surface area (Å²) in [5.74, 6) is 0.0545. The van der Waals surface area contributed by atoms with Gasteiger partial charge in [-0.15, -0.1) is 0 Å². The molecule has 1 aliphatic carbocycles. The molecule has 0 bridgehead atoms. The minimum atomic E-state index is -3.40. The Morgan fingerprint density at radius 3 is 2.45 bits per heavy atom. The predicted molar refractivity (Wildman–Crippen MR) is 110 cm³/mol. The Hall–Kier alpha value is -2.80. The highest BCUT2D eigenvalue weighted by molar-refractivity contribution is 7.90. The summed E-state index contributed by atoms with van der Waals surface area (Å²) in [6, 6.07) is 12.2. The van der Waals surface area contributed by atoms with Gasteiger partial charge < -0.3 is 0 Å². The van der Waals surface area contributed by atoms with E-state index in [9.17, 15) is 17.6 Å². The maximum atomic E-state index is 13.5. The van der Waals surface area contributed by atoms with Crippen molar-refractivity contribution in [3.63, 3.8) is 0 Å². The summed E-state index contributed by atoms with van der Waals surface area (Å²) in [6.07, 6.45) is 6.07. The van der Waals surface area contributed by atoms with Crippen molar-refractivity contribution < 1.29 is 12.8 Å². The SMILES string of the molecule is CS(=O)(=O)c1cccc(-c2cnn(CC3CCC3)c(=O)c2-c2ccc(F)cc2)c1. The van der Waals surface area contributed by atoms with Crippen LogP contribution in [0.2, 0.25) is 0 Å². The molecule has 0 N–H and O–H groups in total. The van der Waals surface area contributed by atoms with E-state index < -0.39 is 15.7 Å². The molecule has 1 aromatic heterocycles. The van der Waals surface area contributed by atoms with Crippen molar-refractivity contribution in [1.29, 1.82) is 0 Å². The predicted octanol–water partition coefficient (Wildman–Crippen LogP) is 3.92. The van der Waals surface area contributed by atoms with Crippen molar-refractivity contribution in [3.05, 3.63) is 70.9 Å². The van der Waals surface area contributed by atoms with Crippen LogP contribution in [0.3, 0.4) is 0 Å². The Bertz CT molecular complexity index is 1210. The van der Waals surface area contributed by atoms with Crippen LogP contribution in [0, 0.1) is 11.7 Å². The van der Waals surface area contributed by atoms with Crippen molar-refractivity contribution in [2.45, 2.75) is 30.7 Å². The van der Waals surface area contributed by atoms with Gasteiger partial charge in [-0.2, -0.15) is 5.10 Å². The van der Waals surface area contributed by atoms with Gasteiger partial charge in [0.25, 0.3) is 5.56 Å². The Morgan fingerprint density at radius 2 is 1.83 bits per heavy atom. The number of benzene rings is 2. The highest BCUT2D eigenvalue weighted by Crippen LogP contribution is 2.31. The smallest absolute Gasteiger partial charge is 0.267 e. The van der Waals surface area contributed by atoms with E-state index in [-0.39, 0.29) is 10.5 Å². The molecule has 1 fully saturated rings. The molecule has 4 rings (SSSR count). The molecular weight excluding hydrogens is 391 g/mol. The maximum Gasteiger partial charge on any atom is 0.275 e. The molecule has 150 valence electrons. The van der Waals surface area contributed by atoms with Crippen LogP contribution in [-0.2, 0) is 16.4 Å². The first kappa shape index (κ1) is 19.5. The molecule has 0 aliphatic heterocycles. The minimum Gasteiger partial charge on any atom is -0.267 e. The lowest BCUT2D eigenvalue weighted by Crippen LogP contribution is -2.30. The van der Waals surface area contributed by atoms with Gasteiger partial charge in [0.15, 0.2) is 9.84 Å². The first-order chi connectivity index (χ1) is 13.8. The van der Waals surface area contributed by atoms with Crippen LogP contribution >= 0.6 is 0 Å². The molecule has 0 atom stereocenters. The summed E-state index contributed by atoms with van der Waals surface area (Å²) in [6.45, 7) is 0.552. The Kier molecular flexibility index (Phi) is 5.08. The van der Waals surface area contributed by atoms with E-state index in [2.05, 4.69) is 5.10 Å². The summed E-state index contributed by atoms with van der Waals surface area (Å²) in [4.78, 5) is 13.5. The Morgan fingerprint density at radius 1 is 1.10 bits per heavy atom. The van der Waals surface area contributed by atoms with Crippen LogP contribution in [0.25, 0.3) is 22.3 Å². The highest BCUT2D eigenvalue weighted by Gasteiger charge is 2.22. The molecule has 1 heterocycles. The van der Waals surface area contributed by atoms with Crippen LogP contribution in [-0.4, -0.2) is 24.5 Å². The van der Waals surface area contributed by atoms with Crippen LogP contribution in [0.1, 0.15) is 19.3 Å². The summed E-state index contributed by atoms with van der Waals surface area (Å²) in [5.41, 5.74) is 1.81. The van der Waals surface area contributed by atoms with Gasteiger partial charge in [-0.25, -0.2) is 17.5 Å². The van der Waals surface area contributed by atoms with E-state index >= 15 is 0 Å². The van der Waals surface area contributed by atoms with Crippen molar-refractivity contribution in [2.24, 2.45) is 5.92 Å². The Labute approximate surface area is 168 Å². The van der Waals surface area contributed by atoms with Crippen LogP contribution in [0.4, 0.5) is 4.39 Å². The standard InChI is InChI=1S/C22H21FN2O3S/c1-29(27,28)19-7-3-6-17(12-19)20-13-24-25(14-15-4-2-5-15)22(26)21(20)16-8-10-18(23)11-9-16/h3,6-13,15H,2,4-5,14H2,1H3. The molecule has 1 saturated carbocycles. The average Bonchev–Trinajstić information content (AvgIpc) is 2.66. The second-order valence-corrected chi connectivity index (χ2v) is 9.54. The second-order valence-electron chi connectivity index (χ2n) is 7.52. The topological polar surface area (TPSA) is 69.0 Å². The van der Waals surface area contributed by atoms with Crippen molar-refractivity contribution in [2.75, 3.05) is 6.26 Å². The van der Waals surface area contributed by atoms with Crippen molar-refractivity contribution >= 4 is 9.84 Å². The molecular formula is C22H21FN2O3S. The zero-order valence-corrected chi connectivity index (χ0v) is 16.8. The van der Waals surface area contributed by atoms with Crippen LogP contribution < -0.4 is 5.56 Å². The number of hydrogen-bond donors (Lipinski definition) is 0. The van der Waals surface area contributed by atoms with Crippen LogP contribution in [0.15, 0.2) is 64.4 Å². The van der Waals surface area contributed by atoms with Gasteiger partial charge in [-0.3, -0.25) is 4.79 Å². The number of sulfone groups is 1. The van der Waals surface area contributed by atoms with Gasteiger partial charge >= 0.3 is 0 Å². The van der Waals surface area contributed by atoms with E-state index in [1.165, 1.54) is 35.4 Å². The average molecular weight is 412 g/mol. The number of hydrogen-bond acceptors (Lipinski definition) is 4. The third kappa shape index (κ3) is 4.00. The zero-order chi connectivity index (χ0) is 20.6. The molecule has 2 aromatic carbocycles. The number of halogens is 1. The molecule has 7 heteroatoms. The molecule has 0 radical (unpaired) electrons.